The second kappa shape index (κ2) is 8.35. The van der Waals surface area contributed by atoms with E-state index < -0.39 is 32.8 Å². The van der Waals surface area contributed by atoms with Crippen molar-refractivity contribution in [1.82, 2.24) is 0 Å². The number of halogens is 4. The van der Waals surface area contributed by atoms with Gasteiger partial charge in [-0.2, -0.15) is 0 Å². The van der Waals surface area contributed by atoms with Gasteiger partial charge in [0.25, 0.3) is 0 Å². The SMILES string of the molecule is CO[SiH](OC)OCCCCc1cc(F)c(F)c(F)c1F. The van der Waals surface area contributed by atoms with Gasteiger partial charge in [0.2, 0.25) is 0 Å². The minimum atomic E-state index is -2.09. The van der Waals surface area contributed by atoms with Gasteiger partial charge in [-0.05, 0) is 30.9 Å². The van der Waals surface area contributed by atoms with Crippen LogP contribution in [0, 0.1) is 23.3 Å². The van der Waals surface area contributed by atoms with E-state index in [-0.39, 0.29) is 12.0 Å². The van der Waals surface area contributed by atoms with Crippen LogP contribution in [-0.4, -0.2) is 30.4 Å². The molecular weight excluding hydrogens is 296 g/mol. The van der Waals surface area contributed by atoms with Gasteiger partial charge in [0.05, 0.1) is 0 Å². The van der Waals surface area contributed by atoms with Gasteiger partial charge < -0.3 is 13.3 Å². The quantitative estimate of drug-likeness (QED) is 0.243. The highest BCUT2D eigenvalue weighted by Crippen LogP contribution is 2.20. The fraction of sp³-hybridized carbons (Fsp3) is 0.500. The van der Waals surface area contributed by atoms with Crippen LogP contribution in [0.1, 0.15) is 18.4 Å². The average Bonchev–Trinajstić information content (AvgIpc) is 2.45. The Hall–Kier alpha value is -0.963. The van der Waals surface area contributed by atoms with Crippen LogP contribution in [0.3, 0.4) is 0 Å². The van der Waals surface area contributed by atoms with E-state index in [1.54, 1.807) is 0 Å². The van der Waals surface area contributed by atoms with Crippen molar-refractivity contribution in [3.05, 3.63) is 34.9 Å². The molecule has 0 unspecified atom stereocenters. The van der Waals surface area contributed by atoms with E-state index in [4.69, 9.17) is 13.3 Å². The van der Waals surface area contributed by atoms with E-state index in [1.807, 2.05) is 0 Å². The molecule has 1 rings (SSSR count). The summed E-state index contributed by atoms with van der Waals surface area (Å²) in [4.78, 5) is 0. The molecule has 0 amide bonds. The van der Waals surface area contributed by atoms with Gasteiger partial charge in [-0.3, -0.25) is 0 Å². The Kier molecular flexibility index (Phi) is 7.14. The zero-order valence-corrected chi connectivity index (χ0v) is 12.4. The molecule has 114 valence electrons. The summed E-state index contributed by atoms with van der Waals surface area (Å²) in [5, 5.41) is 0. The van der Waals surface area contributed by atoms with Crippen molar-refractivity contribution in [2.24, 2.45) is 0 Å². The topological polar surface area (TPSA) is 27.7 Å². The summed E-state index contributed by atoms with van der Waals surface area (Å²) < 4.78 is 67.1. The predicted octanol–water partition coefficient (Wildman–Crippen LogP) is 2.59. The molecule has 0 aliphatic carbocycles. The van der Waals surface area contributed by atoms with E-state index >= 15 is 0 Å². The Morgan fingerprint density at radius 3 is 2.20 bits per heavy atom. The van der Waals surface area contributed by atoms with Crippen LogP contribution < -0.4 is 0 Å². The van der Waals surface area contributed by atoms with E-state index in [9.17, 15) is 17.6 Å². The highest BCUT2D eigenvalue weighted by Gasteiger charge is 2.18. The summed E-state index contributed by atoms with van der Waals surface area (Å²) in [7, 11) is 0.859. The van der Waals surface area contributed by atoms with E-state index in [2.05, 4.69) is 0 Å². The van der Waals surface area contributed by atoms with Crippen LogP contribution in [0.25, 0.3) is 0 Å². The van der Waals surface area contributed by atoms with Gasteiger partial charge in [-0.15, -0.1) is 0 Å². The summed E-state index contributed by atoms with van der Waals surface area (Å²) in [5.74, 6) is -6.29. The second-order valence-electron chi connectivity index (χ2n) is 4.05. The van der Waals surface area contributed by atoms with Gasteiger partial charge in [-0.1, -0.05) is 0 Å². The van der Waals surface area contributed by atoms with Gasteiger partial charge in [-0.25, -0.2) is 17.6 Å². The first-order chi connectivity index (χ1) is 9.51. The smallest absolute Gasteiger partial charge is 0.379 e. The van der Waals surface area contributed by atoms with Crippen molar-refractivity contribution < 1.29 is 30.8 Å². The van der Waals surface area contributed by atoms with Crippen molar-refractivity contribution in [2.75, 3.05) is 20.8 Å². The highest BCUT2D eigenvalue weighted by atomic mass is 28.3. The fourth-order valence-electron chi connectivity index (χ4n) is 1.63. The molecule has 3 nitrogen and oxygen atoms in total. The molecule has 0 saturated heterocycles. The number of rotatable bonds is 8. The van der Waals surface area contributed by atoms with E-state index in [0.717, 1.165) is 0 Å². The maximum absolute atomic E-state index is 13.3. The number of hydrogen-bond acceptors (Lipinski definition) is 3. The number of aryl methyl sites for hydroxylation is 1. The molecule has 1 aromatic rings. The minimum absolute atomic E-state index is 0.0928. The average molecular weight is 312 g/mol. The molecule has 0 spiro atoms. The number of benzene rings is 1. The lowest BCUT2D eigenvalue weighted by atomic mass is 10.1. The van der Waals surface area contributed by atoms with Crippen LogP contribution in [0.15, 0.2) is 6.07 Å². The third kappa shape index (κ3) is 4.55. The van der Waals surface area contributed by atoms with Crippen LogP contribution >= 0.6 is 0 Å². The van der Waals surface area contributed by atoms with Crippen LogP contribution in [0.2, 0.25) is 0 Å². The molecular formula is C12H16F4O3Si. The normalized spacial score (nSPS) is 11.3. The van der Waals surface area contributed by atoms with Gasteiger partial charge >= 0.3 is 9.53 Å². The molecule has 20 heavy (non-hydrogen) atoms. The molecule has 0 fully saturated rings. The molecule has 0 heterocycles. The zero-order chi connectivity index (χ0) is 15.1. The van der Waals surface area contributed by atoms with Gasteiger partial charge in [0, 0.05) is 20.8 Å². The van der Waals surface area contributed by atoms with Gasteiger partial charge in [0.15, 0.2) is 23.3 Å². The van der Waals surface area contributed by atoms with E-state index in [0.29, 0.717) is 25.5 Å². The molecule has 0 aliphatic rings. The van der Waals surface area contributed by atoms with Gasteiger partial charge in [0.1, 0.15) is 0 Å². The summed E-state index contributed by atoms with van der Waals surface area (Å²) >= 11 is 0. The predicted molar refractivity (Wildman–Crippen MR) is 66.3 cm³/mol. The van der Waals surface area contributed by atoms with Crippen molar-refractivity contribution in [2.45, 2.75) is 19.3 Å². The van der Waals surface area contributed by atoms with Crippen LogP contribution in [0.5, 0.6) is 0 Å². The first kappa shape index (κ1) is 17.1. The lowest BCUT2D eigenvalue weighted by Gasteiger charge is -2.11. The molecule has 1 aromatic carbocycles. The molecule has 0 atom stereocenters. The van der Waals surface area contributed by atoms with Crippen molar-refractivity contribution >= 4 is 9.53 Å². The maximum Gasteiger partial charge on any atom is 0.483 e. The van der Waals surface area contributed by atoms with Crippen molar-refractivity contribution in [1.29, 1.82) is 0 Å². The molecule has 0 radical (unpaired) electrons. The second-order valence-corrected chi connectivity index (χ2v) is 5.90. The van der Waals surface area contributed by atoms with Crippen LogP contribution in [-0.2, 0) is 19.7 Å². The van der Waals surface area contributed by atoms with Crippen LogP contribution in [0.4, 0.5) is 17.6 Å². The molecule has 0 bridgehead atoms. The Morgan fingerprint density at radius 1 is 0.950 bits per heavy atom. The standard InChI is InChI=1S/C12H16F4O3Si/c1-17-20(18-2)19-6-4-3-5-8-7-9(13)11(15)12(16)10(8)14/h7,20H,3-6H2,1-2H3. The summed E-state index contributed by atoms with van der Waals surface area (Å²) in [5.41, 5.74) is -0.186. The third-order valence-corrected chi connectivity index (χ3v) is 3.93. The fourth-order valence-corrected chi connectivity index (χ4v) is 2.46. The molecule has 8 heteroatoms. The zero-order valence-electron chi connectivity index (χ0n) is 11.2. The Balaban J connectivity index is 2.43. The number of hydrogen-bond donors (Lipinski definition) is 0. The first-order valence-corrected chi connectivity index (χ1v) is 7.41. The molecule has 0 aliphatic heterocycles. The largest absolute Gasteiger partial charge is 0.483 e. The third-order valence-electron chi connectivity index (χ3n) is 2.66. The highest BCUT2D eigenvalue weighted by molar-refractivity contribution is 6.36. The first-order valence-electron chi connectivity index (χ1n) is 6.00. The Labute approximate surface area is 116 Å². The molecule has 0 aromatic heterocycles. The van der Waals surface area contributed by atoms with E-state index in [1.165, 1.54) is 14.2 Å². The lowest BCUT2D eigenvalue weighted by Crippen LogP contribution is -2.24. The Morgan fingerprint density at radius 2 is 1.60 bits per heavy atom. The monoisotopic (exact) mass is 312 g/mol. The minimum Gasteiger partial charge on any atom is -0.379 e. The maximum atomic E-state index is 13.3. The van der Waals surface area contributed by atoms with Crippen molar-refractivity contribution in [3.63, 3.8) is 0 Å². The lowest BCUT2D eigenvalue weighted by molar-refractivity contribution is 0.133. The van der Waals surface area contributed by atoms with Crippen molar-refractivity contribution in [3.8, 4) is 0 Å². The Bertz CT molecular complexity index is 441. The summed E-state index contributed by atoms with van der Waals surface area (Å²) in [6.45, 7) is 0.340. The number of unbranched alkanes of at least 4 members (excludes halogenated alkanes) is 1. The summed E-state index contributed by atoms with van der Waals surface area (Å²) in [6.07, 6.45) is 1.07. The molecule has 0 saturated carbocycles. The molecule has 0 N–H and O–H groups in total. The summed E-state index contributed by atoms with van der Waals surface area (Å²) in [6, 6.07) is 0.677.